The number of hydrogen-bond donors (Lipinski definition) is 3. The molecule has 0 spiro atoms. The second-order valence-corrected chi connectivity index (χ2v) is 5.95. The summed E-state index contributed by atoms with van der Waals surface area (Å²) < 4.78 is 0. The largest absolute Gasteiger partial charge is 0.367 e. The number of nitrogens with zero attached hydrogens (tertiary/aromatic N) is 2. The molecule has 3 rings (SSSR count). The number of rotatable bonds is 7. The quantitative estimate of drug-likeness (QED) is 0.666. The molecule has 2 heterocycles. The van der Waals surface area contributed by atoms with Crippen molar-refractivity contribution in [2.24, 2.45) is 5.92 Å². The van der Waals surface area contributed by atoms with E-state index in [1.54, 1.807) is 18.6 Å². The Morgan fingerprint density at radius 3 is 2.96 bits per heavy atom. The minimum Gasteiger partial charge on any atom is -0.367 e. The smallest absolute Gasteiger partial charge is 0.227 e. The molecular formula is C18H21N5O2. The second-order valence-electron chi connectivity index (χ2n) is 5.95. The summed E-state index contributed by atoms with van der Waals surface area (Å²) in [6.45, 7) is 1.07. The van der Waals surface area contributed by atoms with Gasteiger partial charge in [0.05, 0.1) is 6.20 Å². The molecule has 1 aliphatic rings. The van der Waals surface area contributed by atoms with Crippen molar-refractivity contribution in [3.05, 3.63) is 48.4 Å². The lowest BCUT2D eigenvalue weighted by Gasteiger charge is -2.24. The van der Waals surface area contributed by atoms with Gasteiger partial charge in [0.1, 0.15) is 5.82 Å². The summed E-state index contributed by atoms with van der Waals surface area (Å²) in [6, 6.07) is 7.78. The maximum Gasteiger partial charge on any atom is 0.227 e. The molecule has 0 bridgehead atoms. The highest BCUT2D eigenvalue weighted by atomic mass is 16.2. The molecule has 3 N–H and O–H groups in total. The first kappa shape index (κ1) is 16.9. The summed E-state index contributed by atoms with van der Waals surface area (Å²) in [7, 11) is 0. The number of benzene rings is 1. The topological polar surface area (TPSA) is 96.0 Å². The summed E-state index contributed by atoms with van der Waals surface area (Å²) in [5.41, 5.74) is 2.00. The molecular weight excluding hydrogens is 318 g/mol. The van der Waals surface area contributed by atoms with E-state index in [2.05, 4.69) is 25.9 Å². The Bertz CT molecular complexity index is 735. The number of hydrogen-bond acceptors (Lipinski definition) is 5. The van der Waals surface area contributed by atoms with Crippen molar-refractivity contribution in [3.63, 3.8) is 0 Å². The third-order valence-electron chi connectivity index (χ3n) is 4.15. The molecule has 0 saturated carbocycles. The monoisotopic (exact) mass is 339 g/mol. The molecule has 1 aromatic carbocycles. The van der Waals surface area contributed by atoms with Gasteiger partial charge in [-0.3, -0.25) is 14.6 Å². The molecule has 1 atom stereocenters. The van der Waals surface area contributed by atoms with Crippen LogP contribution >= 0.6 is 0 Å². The molecule has 2 aromatic rings. The van der Waals surface area contributed by atoms with E-state index in [9.17, 15) is 9.59 Å². The normalized spacial score (nSPS) is 15.8. The average Bonchev–Trinajstić information content (AvgIpc) is 2.64. The zero-order valence-electron chi connectivity index (χ0n) is 13.9. The molecule has 1 aromatic heterocycles. The van der Waals surface area contributed by atoms with Gasteiger partial charge in [0, 0.05) is 43.5 Å². The lowest BCUT2D eigenvalue weighted by atomic mass is 9.89. The van der Waals surface area contributed by atoms with Crippen LogP contribution < -0.4 is 16.0 Å². The standard InChI is InChI=1S/C18H21N5O2/c24-17(22-10-9-21-16-12-19-7-8-20-16)6-5-14-11-13-3-1-2-4-15(13)23-18(14)25/h1-4,7-8,12,14H,5-6,9-11H2,(H,20,21)(H,22,24)(H,23,25)/t14-/m0/s1. The predicted octanol–water partition coefficient (Wildman–Crippen LogP) is 1.60. The summed E-state index contributed by atoms with van der Waals surface area (Å²) in [4.78, 5) is 32.1. The Kier molecular flexibility index (Phi) is 5.56. The van der Waals surface area contributed by atoms with Crippen LogP contribution in [-0.2, 0) is 16.0 Å². The van der Waals surface area contributed by atoms with Crippen molar-refractivity contribution in [3.8, 4) is 0 Å². The van der Waals surface area contributed by atoms with E-state index < -0.39 is 0 Å². The van der Waals surface area contributed by atoms with Gasteiger partial charge < -0.3 is 16.0 Å². The van der Waals surface area contributed by atoms with Crippen LogP contribution in [0.2, 0.25) is 0 Å². The molecule has 0 unspecified atom stereocenters. The number of carbonyl (C=O) groups excluding carboxylic acids is 2. The van der Waals surface area contributed by atoms with Gasteiger partial charge in [0.25, 0.3) is 0 Å². The van der Waals surface area contributed by atoms with E-state index >= 15 is 0 Å². The van der Waals surface area contributed by atoms with Crippen LogP contribution in [0.1, 0.15) is 18.4 Å². The Labute approximate surface area is 146 Å². The van der Waals surface area contributed by atoms with E-state index in [0.717, 1.165) is 11.3 Å². The Balaban J connectivity index is 1.37. The van der Waals surface area contributed by atoms with E-state index in [1.165, 1.54) is 0 Å². The first-order chi connectivity index (χ1) is 12.2. The van der Waals surface area contributed by atoms with Crippen molar-refractivity contribution in [1.82, 2.24) is 15.3 Å². The minimum atomic E-state index is -0.154. The SMILES string of the molecule is O=C(CC[C@H]1Cc2ccccc2NC1=O)NCCNc1cnccn1. The molecule has 130 valence electrons. The number of aromatic nitrogens is 2. The van der Waals surface area contributed by atoms with Crippen LogP contribution in [-0.4, -0.2) is 34.9 Å². The summed E-state index contributed by atoms with van der Waals surface area (Å²) >= 11 is 0. The lowest BCUT2D eigenvalue weighted by Crippen LogP contribution is -2.33. The van der Waals surface area contributed by atoms with Gasteiger partial charge >= 0.3 is 0 Å². The Hall–Kier alpha value is -2.96. The highest BCUT2D eigenvalue weighted by molar-refractivity contribution is 5.96. The van der Waals surface area contributed by atoms with Gasteiger partial charge in [-0.2, -0.15) is 0 Å². The maximum atomic E-state index is 12.1. The maximum absolute atomic E-state index is 12.1. The predicted molar refractivity (Wildman–Crippen MR) is 95.0 cm³/mol. The number of carbonyl (C=O) groups is 2. The second kappa shape index (κ2) is 8.23. The molecule has 0 fully saturated rings. The third-order valence-corrected chi connectivity index (χ3v) is 4.15. The molecule has 0 aliphatic carbocycles. The Morgan fingerprint density at radius 2 is 2.12 bits per heavy atom. The fraction of sp³-hybridized carbons (Fsp3) is 0.333. The van der Waals surface area contributed by atoms with Crippen LogP contribution in [0.3, 0.4) is 0 Å². The third kappa shape index (κ3) is 4.76. The summed E-state index contributed by atoms with van der Waals surface area (Å²) in [6.07, 6.45) is 6.40. The minimum absolute atomic E-state index is 0.00387. The number of para-hydroxylation sites is 1. The van der Waals surface area contributed by atoms with Crippen molar-refractivity contribution in [2.75, 3.05) is 23.7 Å². The van der Waals surface area contributed by atoms with Crippen molar-refractivity contribution in [1.29, 1.82) is 0 Å². The molecule has 2 amide bonds. The Morgan fingerprint density at radius 1 is 1.24 bits per heavy atom. The van der Waals surface area contributed by atoms with E-state index in [4.69, 9.17) is 0 Å². The number of anilines is 2. The average molecular weight is 339 g/mol. The first-order valence-corrected chi connectivity index (χ1v) is 8.38. The fourth-order valence-corrected chi connectivity index (χ4v) is 2.82. The van der Waals surface area contributed by atoms with Gasteiger partial charge in [-0.05, 0) is 24.5 Å². The molecule has 7 nitrogen and oxygen atoms in total. The molecule has 0 saturated heterocycles. The van der Waals surface area contributed by atoms with E-state index in [0.29, 0.717) is 38.2 Å². The molecule has 1 aliphatic heterocycles. The zero-order chi connectivity index (χ0) is 17.5. The van der Waals surface area contributed by atoms with E-state index in [-0.39, 0.29) is 17.7 Å². The van der Waals surface area contributed by atoms with E-state index in [1.807, 2.05) is 24.3 Å². The van der Waals surface area contributed by atoms with Gasteiger partial charge in [-0.25, -0.2) is 4.98 Å². The van der Waals surface area contributed by atoms with Gasteiger partial charge in [0.2, 0.25) is 11.8 Å². The molecule has 25 heavy (non-hydrogen) atoms. The lowest BCUT2D eigenvalue weighted by molar-refractivity contribution is -0.122. The molecule has 7 heteroatoms. The van der Waals surface area contributed by atoms with Gasteiger partial charge in [-0.15, -0.1) is 0 Å². The number of nitrogens with one attached hydrogen (secondary N) is 3. The van der Waals surface area contributed by atoms with Gasteiger partial charge in [0.15, 0.2) is 0 Å². The van der Waals surface area contributed by atoms with Crippen LogP contribution in [0.15, 0.2) is 42.9 Å². The highest BCUT2D eigenvalue weighted by Crippen LogP contribution is 2.27. The van der Waals surface area contributed by atoms with Gasteiger partial charge in [-0.1, -0.05) is 18.2 Å². The number of fused-ring (bicyclic) bond motifs is 1. The first-order valence-electron chi connectivity index (χ1n) is 8.38. The zero-order valence-corrected chi connectivity index (χ0v) is 13.9. The summed E-state index contributed by atoms with van der Waals surface area (Å²) in [5, 5.41) is 8.83. The van der Waals surface area contributed by atoms with Crippen LogP contribution in [0.5, 0.6) is 0 Å². The molecule has 0 radical (unpaired) electrons. The van der Waals surface area contributed by atoms with Crippen molar-refractivity contribution in [2.45, 2.75) is 19.3 Å². The van der Waals surface area contributed by atoms with Crippen LogP contribution in [0, 0.1) is 5.92 Å². The van der Waals surface area contributed by atoms with Crippen LogP contribution in [0.4, 0.5) is 11.5 Å². The summed E-state index contributed by atoms with van der Waals surface area (Å²) in [5.74, 6) is 0.469. The fourth-order valence-electron chi connectivity index (χ4n) is 2.82. The van der Waals surface area contributed by atoms with Crippen molar-refractivity contribution >= 4 is 23.3 Å². The number of amides is 2. The highest BCUT2D eigenvalue weighted by Gasteiger charge is 2.26. The van der Waals surface area contributed by atoms with Crippen LogP contribution in [0.25, 0.3) is 0 Å². The van der Waals surface area contributed by atoms with Crippen molar-refractivity contribution < 1.29 is 9.59 Å².